The van der Waals surface area contributed by atoms with Gasteiger partial charge in [0.15, 0.2) is 0 Å². The Balaban J connectivity index is 0.926. The van der Waals surface area contributed by atoms with E-state index in [0.717, 1.165) is 47.8 Å². The average Bonchev–Trinajstić information content (AvgIpc) is 3.60. The molecule has 0 saturated heterocycles. The number of hydrogen-bond donors (Lipinski definition) is 1. The summed E-state index contributed by atoms with van der Waals surface area (Å²) < 4.78 is 56.0. The Morgan fingerprint density at radius 1 is 0.583 bits per heavy atom. The van der Waals surface area contributed by atoms with Crippen molar-refractivity contribution in [2.24, 2.45) is 52.3 Å². The Morgan fingerprint density at radius 3 is 1.53 bits per heavy atom. The second-order valence-electron chi connectivity index (χ2n) is 18.9. The molecule has 9 atom stereocenters. The van der Waals surface area contributed by atoms with Gasteiger partial charge in [0.25, 0.3) is 0 Å². The normalized spacial score (nSPS) is 28.7. The van der Waals surface area contributed by atoms with Crippen LogP contribution in [0.2, 0.25) is 0 Å². The van der Waals surface area contributed by atoms with Crippen molar-refractivity contribution >= 4 is 0 Å². The first-order valence-electron chi connectivity index (χ1n) is 24.4. The molecule has 0 aromatic rings. The number of aliphatic hydroxyl groups is 1. The van der Waals surface area contributed by atoms with Crippen molar-refractivity contribution in [3.8, 4) is 0 Å². The lowest BCUT2D eigenvalue weighted by Gasteiger charge is -2.58. The van der Waals surface area contributed by atoms with E-state index in [0.29, 0.717) is 142 Å². The van der Waals surface area contributed by atoms with E-state index in [1.165, 1.54) is 64.2 Å². The predicted molar refractivity (Wildman–Crippen MR) is 236 cm³/mol. The van der Waals surface area contributed by atoms with Crippen LogP contribution >= 0.6 is 0 Å². The van der Waals surface area contributed by atoms with Gasteiger partial charge in [0.2, 0.25) is 0 Å². The third kappa shape index (κ3) is 17.0. The molecule has 0 bridgehead atoms. The van der Waals surface area contributed by atoms with Gasteiger partial charge in [-0.15, -0.1) is 0 Å². The van der Waals surface area contributed by atoms with Crippen LogP contribution in [0.3, 0.4) is 0 Å². The molecule has 11 heteroatoms. The monoisotopic (exact) mass is 855 g/mol. The van der Waals surface area contributed by atoms with E-state index in [1.54, 1.807) is 5.57 Å². The van der Waals surface area contributed by atoms with Crippen molar-refractivity contribution in [1.82, 2.24) is 0 Å². The van der Waals surface area contributed by atoms with E-state index in [2.05, 4.69) is 47.6 Å². The molecule has 0 aromatic heterocycles. The lowest BCUT2D eigenvalue weighted by Crippen LogP contribution is -2.51. The Hall–Kier alpha value is -0.700. The fourth-order valence-corrected chi connectivity index (χ4v) is 11.6. The highest BCUT2D eigenvalue weighted by atomic mass is 16.6. The number of ether oxygens (including phenoxy) is 10. The van der Waals surface area contributed by atoms with Crippen molar-refractivity contribution in [3.63, 3.8) is 0 Å². The van der Waals surface area contributed by atoms with Gasteiger partial charge in [-0.3, -0.25) is 0 Å². The molecule has 3 saturated carbocycles. The van der Waals surface area contributed by atoms with Gasteiger partial charge < -0.3 is 52.5 Å². The molecule has 352 valence electrons. The minimum Gasteiger partial charge on any atom is -0.394 e. The molecule has 4 aliphatic carbocycles. The molecule has 4 aliphatic rings. The topological polar surface area (TPSA) is 113 Å². The zero-order valence-corrected chi connectivity index (χ0v) is 39.1. The minimum absolute atomic E-state index is 0.0296. The van der Waals surface area contributed by atoms with E-state index in [1.807, 2.05) is 0 Å². The van der Waals surface area contributed by atoms with Crippen LogP contribution in [0.4, 0.5) is 0 Å². The largest absolute Gasteiger partial charge is 0.394 e. The summed E-state index contributed by atoms with van der Waals surface area (Å²) in [6.07, 6.45) is 17.8. The highest BCUT2D eigenvalue weighted by Crippen LogP contribution is 2.67. The van der Waals surface area contributed by atoms with E-state index >= 15 is 0 Å². The first-order valence-corrected chi connectivity index (χ1v) is 24.4. The number of hydrogen-bond acceptors (Lipinski definition) is 11. The molecule has 60 heavy (non-hydrogen) atoms. The molecule has 11 nitrogen and oxygen atoms in total. The molecule has 1 N–H and O–H groups in total. The van der Waals surface area contributed by atoms with Crippen LogP contribution in [0.25, 0.3) is 0 Å². The van der Waals surface area contributed by atoms with Crippen LogP contribution in [0, 0.1) is 52.3 Å². The molecule has 0 radical (unpaired) electrons. The first kappa shape index (κ1) is 51.9. The van der Waals surface area contributed by atoms with E-state index in [9.17, 15) is 0 Å². The molecule has 0 spiro atoms. The van der Waals surface area contributed by atoms with E-state index in [-0.39, 0.29) is 6.61 Å². The summed E-state index contributed by atoms with van der Waals surface area (Å²) in [4.78, 5) is 0. The number of aliphatic hydroxyl groups excluding tert-OH is 1. The number of allylic oxidation sites excluding steroid dienone is 1. The van der Waals surface area contributed by atoms with Gasteiger partial charge in [-0.1, -0.05) is 66.0 Å². The second kappa shape index (κ2) is 29.7. The summed E-state index contributed by atoms with van der Waals surface area (Å²) in [6, 6.07) is 0. The summed E-state index contributed by atoms with van der Waals surface area (Å²) in [5, 5.41) is 8.62. The van der Waals surface area contributed by atoms with Crippen LogP contribution in [0.5, 0.6) is 0 Å². The molecule has 3 fully saturated rings. The molecule has 0 aromatic carbocycles. The maximum Gasteiger partial charge on any atom is 0.0704 e. The summed E-state index contributed by atoms with van der Waals surface area (Å²) >= 11 is 0. The van der Waals surface area contributed by atoms with Gasteiger partial charge in [0.05, 0.1) is 138 Å². The van der Waals surface area contributed by atoms with Gasteiger partial charge in [0.1, 0.15) is 0 Å². The number of fused-ring (bicyclic) bond motifs is 5. The molecule has 0 amide bonds. The third-order valence-electron chi connectivity index (χ3n) is 15.1. The molecule has 0 aliphatic heterocycles. The predicted octanol–water partition coefficient (Wildman–Crippen LogP) is 8.19. The Labute approximate surface area is 365 Å². The standard InChI is InChI=1S/C49H90O11/c1-7-41(39(2)3)9-8-40(4)45-12-13-46-44-11-10-42-38-43(14-16-48(42,5)47(44)15-17-49(45,46)6)60-37-36-59-35-34-58-33-32-57-31-30-56-29-28-55-27-26-54-25-24-53-23-22-52-21-20-51-19-18-50/h10,39-41,43-47,50H,7-9,11-38H2,1-6H3/t40-,41-,43+,44+,45-,46+,47+,48+,49-/m1/s1. The second-order valence-corrected chi connectivity index (χ2v) is 18.9. The molecule has 0 heterocycles. The maximum absolute atomic E-state index is 8.62. The van der Waals surface area contributed by atoms with Gasteiger partial charge in [-0.25, -0.2) is 0 Å². The van der Waals surface area contributed by atoms with Crippen LogP contribution in [-0.2, 0) is 47.4 Å². The van der Waals surface area contributed by atoms with Crippen LogP contribution in [0.15, 0.2) is 11.6 Å². The van der Waals surface area contributed by atoms with Crippen LogP contribution in [-0.4, -0.2) is 143 Å². The third-order valence-corrected chi connectivity index (χ3v) is 15.1. The summed E-state index contributed by atoms with van der Waals surface area (Å²) in [5.74, 6) is 6.12. The summed E-state index contributed by atoms with van der Waals surface area (Å²) in [5.41, 5.74) is 2.61. The fraction of sp³-hybridized carbons (Fsp3) is 0.959. The Bertz CT molecular complexity index is 1120. The van der Waals surface area contributed by atoms with Crippen LogP contribution < -0.4 is 0 Å². The Morgan fingerprint density at radius 2 is 1.07 bits per heavy atom. The summed E-state index contributed by atoms with van der Waals surface area (Å²) in [6.45, 7) is 25.2. The molecular formula is C49H90O11. The molecular weight excluding hydrogens is 765 g/mol. The van der Waals surface area contributed by atoms with Crippen molar-refractivity contribution in [2.75, 3.05) is 132 Å². The highest BCUT2D eigenvalue weighted by molar-refractivity contribution is 5.25. The van der Waals surface area contributed by atoms with E-state index < -0.39 is 0 Å². The fourth-order valence-electron chi connectivity index (χ4n) is 11.6. The SMILES string of the molecule is CC[C@H](CC[C@@H](C)[C@H]1CC[C@H]2[C@@H]3CC=C4C[C@@H](OCCOCCOCCOCCOCCOCCOCCOCCOCCOCCO)CC[C@]4(C)[C@H]3CC[C@]12C)C(C)C. The zero-order valence-electron chi connectivity index (χ0n) is 39.1. The van der Waals surface area contributed by atoms with Crippen molar-refractivity contribution in [3.05, 3.63) is 11.6 Å². The van der Waals surface area contributed by atoms with Gasteiger partial charge in [0, 0.05) is 0 Å². The molecule has 0 unspecified atom stereocenters. The van der Waals surface area contributed by atoms with E-state index in [4.69, 9.17) is 52.5 Å². The van der Waals surface area contributed by atoms with Crippen molar-refractivity contribution in [2.45, 2.75) is 118 Å². The Kier molecular flexibility index (Phi) is 25.7. The van der Waals surface area contributed by atoms with Crippen molar-refractivity contribution < 1.29 is 52.5 Å². The maximum atomic E-state index is 8.62. The zero-order chi connectivity index (χ0) is 42.9. The van der Waals surface area contributed by atoms with Gasteiger partial charge in [-0.2, -0.15) is 0 Å². The highest BCUT2D eigenvalue weighted by Gasteiger charge is 2.59. The quantitative estimate of drug-likeness (QED) is 0.0487. The van der Waals surface area contributed by atoms with Crippen LogP contribution in [0.1, 0.15) is 112 Å². The van der Waals surface area contributed by atoms with Gasteiger partial charge in [-0.05, 0) is 110 Å². The molecule has 4 rings (SSSR count). The van der Waals surface area contributed by atoms with Gasteiger partial charge >= 0.3 is 0 Å². The van der Waals surface area contributed by atoms with Crippen molar-refractivity contribution in [1.29, 1.82) is 0 Å². The average molecular weight is 855 g/mol. The minimum atomic E-state index is 0.0296. The summed E-state index contributed by atoms with van der Waals surface area (Å²) in [7, 11) is 0. The smallest absolute Gasteiger partial charge is 0.0704 e. The lowest BCUT2D eigenvalue weighted by atomic mass is 9.47. The lowest BCUT2D eigenvalue weighted by molar-refractivity contribution is -0.0694. The first-order chi connectivity index (χ1) is 29.2. The number of rotatable bonds is 36.